The summed E-state index contributed by atoms with van der Waals surface area (Å²) in [6.45, 7) is 7.66. The third-order valence-corrected chi connectivity index (χ3v) is 4.60. The van der Waals surface area contributed by atoms with E-state index in [1.807, 2.05) is 26.0 Å². The highest BCUT2D eigenvalue weighted by atomic mass is 16.2. The molecule has 0 aliphatic carbocycles. The number of nitrogens with zero attached hydrogens (tertiary/aromatic N) is 1. The number of rotatable bonds is 6. The zero-order valence-electron chi connectivity index (χ0n) is 13.2. The number of hydrogen-bond donors (Lipinski definition) is 2. The van der Waals surface area contributed by atoms with Crippen molar-refractivity contribution in [2.45, 2.75) is 39.7 Å². The summed E-state index contributed by atoms with van der Waals surface area (Å²) >= 11 is 0. The Morgan fingerprint density at radius 2 is 1.90 bits per heavy atom. The maximum absolute atomic E-state index is 12.3. The number of amides is 1. The van der Waals surface area contributed by atoms with Crippen molar-refractivity contribution in [2.24, 2.45) is 11.1 Å². The maximum atomic E-state index is 12.3. The molecule has 116 valence electrons. The molecular formula is C17H27N3O. The number of carbonyl (C=O) groups excluding carboxylic acids is 1. The van der Waals surface area contributed by atoms with Crippen molar-refractivity contribution in [3.05, 3.63) is 29.8 Å². The molecule has 1 fully saturated rings. The lowest BCUT2D eigenvalue weighted by atomic mass is 9.86. The average molecular weight is 289 g/mol. The molecule has 0 aromatic heterocycles. The molecule has 4 nitrogen and oxygen atoms in total. The molecule has 4 heteroatoms. The van der Waals surface area contributed by atoms with Crippen LogP contribution in [0.3, 0.4) is 0 Å². The van der Waals surface area contributed by atoms with Gasteiger partial charge in [0.1, 0.15) is 0 Å². The zero-order valence-corrected chi connectivity index (χ0v) is 13.2. The molecule has 1 saturated heterocycles. The summed E-state index contributed by atoms with van der Waals surface area (Å²) in [5, 5.41) is 2.97. The highest BCUT2D eigenvalue weighted by molar-refractivity contribution is 5.95. The molecule has 21 heavy (non-hydrogen) atoms. The number of nitrogens with two attached hydrogens (primary N) is 1. The minimum atomic E-state index is -0.492. The van der Waals surface area contributed by atoms with Gasteiger partial charge in [0.05, 0.1) is 5.41 Å². The SMILES string of the molecule is CCC(C)(CN)C(=O)Nc1ccc(CN2CCCC2)cc1. The second kappa shape index (κ2) is 7.05. The number of anilines is 1. The number of benzene rings is 1. The smallest absolute Gasteiger partial charge is 0.231 e. The van der Waals surface area contributed by atoms with Crippen molar-refractivity contribution in [3.63, 3.8) is 0 Å². The van der Waals surface area contributed by atoms with Crippen LogP contribution in [0, 0.1) is 5.41 Å². The summed E-state index contributed by atoms with van der Waals surface area (Å²) in [6.07, 6.45) is 3.36. The topological polar surface area (TPSA) is 58.4 Å². The summed E-state index contributed by atoms with van der Waals surface area (Å²) in [5.41, 5.74) is 7.37. The van der Waals surface area contributed by atoms with E-state index in [4.69, 9.17) is 5.73 Å². The fourth-order valence-corrected chi connectivity index (χ4v) is 2.57. The highest BCUT2D eigenvalue weighted by Crippen LogP contribution is 2.22. The second-order valence-corrected chi connectivity index (χ2v) is 6.25. The lowest BCUT2D eigenvalue weighted by Gasteiger charge is -2.25. The summed E-state index contributed by atoms with van der Waals surface area (Å²) < 4.78 is 0. The molecule has 0 radical (unpaired) electrons. The predicted molar refractivity (Wildman–Crippen MR) is 87.0 cm³/mol. The van der Waals surface area contributed by atoms with E-state index in [0.717, 1.165) is 18.7 Å². The van der Waals surface area contributed by atoms with Crippen molar-refractivity contribution in [3.8, 4) is 0 Å². The largest absolute Gasteiger partial charge is 0.329 e. The van der Waals surface area contributed by atoms with Crippen LogP contribution in [-0.4, -0.2) is 30.4 Å². The first-order valence-corrected chi connectivity index (χ1v) is 7.90. The lowest BCUT2D eigenvalue weighted by molar-refractivity contribution is -0.124. The minimum absolute atomic E-state index is 0.000192. The molecule has 1 aliphatic rings. The molecule has 1 atom stereocenters. The number of likely N-dealkylation sites (tertiary alicyclic amines) is 1. The molecule has 1 amide bonds. The summed E-state index contributed by atoms with van der Waals surface area (Å²) in [7, 11) is 0. The molecule has 0 saturated carbocycles. The van der Waals surface area contributed by atoms with Crippen LogP contribution in [0.15, 0.2) is 24.3 Å². The quantitative estimate of drug-likeness (QED) is 0.846. The van der Waals surface area contributed by atoms with Crippen LogP contribution in [0.1, 0.15) is 38.7 Å². The van der Waals surface area contributed by atoms with E-state index < -0.39 is 5.41 Å². The van der Waals surface area contributed by atoms with E-state index in [-0.39, 0.29) is 5.91 Å². The van der Waals surface area contributed by atoms with Crippen LogP contribution in [-0.2, 0) is 11.3 Å². The van der Waals surface area contributed by atoms with Gasteiger partial charge >= 0.3 is 0 Å². The van der Waals surface area contributed by atoms with Gasteiger partial charge < -0.3 is 11.1 Å². The van der Waals surface area contributed by atoms with Gasteiger partial charge in [-0.25, -0.2) is 0 Å². The minimum Gasteiger partial charge on any atom is -0.329 e. The number of nitrogens with one attached hydrogen (secondary N) is 1. The summed E-state index contributed by atoms with van der Waals surface area (Å²) in [5.74, 6) is -0.000192. The van der Waals surface area contributed by atoms with E-state index in [0.29, 0.717) is 6.54 Å². The first kappa shape index (κ1) is 16.0. The molecule has 1 unspecified atom stereocenters. The molecule has 1 aromatic carbocycles. The van der Waals surface area contributed by atoms with Crippen LogP contribution >= 0.6 is 0 Å². The third kappa shape index (κ3) is 4.05. The van der Waals surface area contributed by atoms with Gasteiger partial charge in [0.2, 0.25) is 5.91 Å². The Labute approximate surface area is 127 Å². The monoisotopic (exact) mass is 289 g/mol. The van der Waals surface area contributed by atoms with Crippen molar-refractivity contribution in [2.75, 3.05) is 25.0 Å². The van der Waals surface area contributed by atoms with E-state index >= 15 is 0 Å². The van der Waals surface area contributed by atoms with Crippen LogP contribution in [0.5, 0.6) is 0 Å². The maximum Gasteiger partial charge on any atom is 0.231 e. The van der Waals surface area contributed by atoms with Crippen molar-refractivity contribution in [1.82, 2.24) is 4.90 Å². The molecule has 1 heterocycles. The normalized spacial score (nSPS) is 18.4. The summed E-state index contributed by atoms with van der Waals surface area (Å²) in [6, 6.07) is 8.16. The van der Waals surface area contributed by atoms with Gasteiger partial charge in [-0.3, -0.25) is 9.69 Å². The first-order chi connectivity index (χ1) is 10.1. The first-order valence-electron chi connectivity index (χ1n) is 7.90. The van der Waals surface area contributed by atoms with Gasteiger partial charge in [-0.05, 0) is 57.0 Å². The highest BCUT2D eigenvalue weighted by Gasteiger charge is 2.29. The van der Waals surface area contributed by atoms with E-state index in [9.17, 15) is 4.79 Å². The van der Waals surface area contributed by atoms with Crippen molar-refractivity contribution in [1.29, 1.82) is 0 Å². The van der Waals surface area contributed by atoms with E-state index in [1.165, 1.54) is 31.5 Å². The van der Waals surface area contributed by atoms with Crippen molar-refractivity contribution < 1.29 is 4.79 Å². The van der Waals surface area contributed by atoms with Crippen LogP contribution in [0.4, 0.5) is 5.69 Å². The summed E-state index contributed by atoms with van der Waals surface area (Å²) in [4.78, 5) is 14.7. The van der Waals surface area contributed by atoms with Crippen LogP contribution in [0.2, 0.25) is 0 Å². The van der Waals surface area contributed by atoms with Gasteiger partial charge in [-0.2, -0.15) is 0 Å². The van der Waals surface area contributed by atoms with Gasteiger partial charge in [0.25, 0.3) is 0 Å². The van der Waals surface area contributed by atoms with Gasteiger partial charge in [-0.1, -0.05) is 19.1 Å². The lowest BCUT2D eigenvalue weighted by Crippen LogP contribution is -2.39. The van der Waals surface area contributed by atoms with Gasteiger partial charge in [0, 0.05) is 18.8 Å². The molecule has 1 aliphatic heterocycles. The fourth-order valence-electron chi connectivity index (χ4n) is 2.57. The zero-order chi connectivity index (χ0) is 15.3. The number of carbonyl (C=O) groups is 1. The molecule has 2 rings (SSSR count). The fraction of sp³-hybridized carbons (Fsp3) is 0.588. The van der Waals surface area contributed by atoms with Crippen LogP contribution < -0.4 is 11.1 Å². The molecule has 3 N–H and O–H groups in total. The molecule has 1 aromatic rings. The van der Waals surface area contributed by atoms with Gasteiger partial charge in [-0.15, -0.1) is 0 Å². The number of hydrogen-bond acceptors (Lipinski definition) is 3. The molecular weight excluding hydrogens is 262 g/mol. The molecule has 0 bridgehead atoms. The Morgan fingerprint density at radius 3 is 2.43 bits per heavy atom. The predicted octanol–water partition coefficient (Wildman–Crippen LogP) is 2.60. The Hall–Kier alpha value is -1.39. The van der Waals surface area contributed by atoms with Crippen LogP contribution in [0.25, 0.3) is 0 Å². The average Bonchev–Trinajstić information content (AvgIpc) is 3.01. The second-order valence-electron chi connectivity index (χ2n) is 6.25. The van der Waals surface area contributed by atoms with E-state index in [1.54, 1.807) is 0 Å². The van der Waals surface area contributed by atoms with Crippen molar-refractivity contribution >= 4 is 11.6 Å². The van der Waals surface area contributed by atoms with Gasteiger partial charge in [0.15, 0.2) is 0 Å². The Balaban J connectivity index is 1.94. The molecule has 0 spiro atoms. The van der Waals surface area contributed by atoms with E-state index in [2.05, 4.69) is 22.3 Å². The standard InChI is InChI=1S/C17H27N3O/c1-3-17(2,13-18)16(21)19-15-8-6-14(7-9-15)12-20-10-4-5-11-20/h6-9H,3-5,10-13,18H2,1-2H3,(H,19,21). The Morgan fingerprint density at radius 1 is 1.29 bits per heavy atom. The third-order valence-electron chi connectivity index (χ3n) is 4.60. The Bertz CT molecular complexity index is 459. The Kier molecular flexibility index (Phi) is 5.37.